The Balaban J connectivity index is 1.51. The Kier molecular flexibility index (Phi) is 6.65. The largest absolute Gasteiger partial charge is 0.207 e. The molecule has 0 aliphatic heterocycles. The predicted octanol–water partition coefficient (Wildman–Crippen LogP) is 8.49. The van der Waals surface area contributed by atoms with Gasteiger partial charge in [-0.15, -0.1) is 0 Å². The van der Waals surface area contributed by atoms with Crippen molar-refractivity contribution < 1.29 is 13.2 Å². The van der Waals surface area contributed by atoms with E-state index >= 15 is 4.39 Å². The summed E-state index contributed by atoms with van der Waals surface area (Å²) in [5.74, 6) is -0.0624. The van der Waals surface area contributed by atoms with Crippen molar-refractivity contribution in [1.82, 2.24) is 0 Å². The molecule has 0 heterocycles. The molecule has 0 N–H and O–H groups in total. The Bertz CT molecular complexity index is 903. The minimum absolute atomic E-state index is 0.0433. The Hall–Kier alpha value is -2.03. The number of benzene rings is 2. The first kappa shape index (κ1) is 21.2. The Morgan fingerprint density at radius 2 is 1.63 bits per heavy atom. The smallest absolute Gasteiger partial charge is 0.137 e. The summed E-state index contributed by atoms with van der Waals surface area (Å²) in [6.07, 6.45) is 13.8. The maximum atomic E-state index is 15.2. The third-order valence-corrected chi connectivity index (χ3v) is 7.08. The van der Waals surface area contributed by atoms with E-state index in [-0.39, 0.29) is 5.56 Å². The van der Waals surface area contributed by atoms with Crippen molar-refractivity contribution in [3.63, 3.8) is 0 Å². The SMILES string of the molecule is CCCCCC1CCC(C2=Cc3cc(F)c(-c4ccc(F)cc4)c(F)c3CC2)CC1. The zero-order valence-corrected chi connectivity index (χ0v) is 17.8. The lowest BCUT2D eigenvalue weighted by Gasteiger charge is -2.32. The molecule has 2 aliphatic rings. The fourth-order valence-electron chi connectivity index (χ4n) is 5.31. The highest BCUT2D eigenvalue weighted by molar-refractivity contribution is 5.71. The van der Waals surface area contributed by atoms with Crippen molar-refractivity contribution in [2.45, 2.75) is 71.1 Å². The summed E-state index contributed by atoms with van der Waals surface area (Å²) in [6.45, 7) is 2.25. The molecule has 0 aromatic heterocycles. The van der Waals surface area contributed by atoms with E-state index < -0.39 is 17.5 Å². The minimum Gasteiger partial charge on any atom is -0.207 e. The Morgan fingerprint density at radius 1 is 0.900 bits per heavy atom. The van der Waals surface area contributed by atoms with Crippen molar-refractivity contribution in [2.75, 3.05) is 0 Å². The van der Waals surface area contributed by atoms with Gasteiger partial charge in [-0.2, -0.15) is 0 Å². The minimum atomic E-state index is -0.574. The Labute approximate surface area is 178 Å². The second kappa shape index (κ2) is 9.41. The average molecular weight is 413 g/mol. The normalized spacial score (nSPS) is 21.3. The van der Waals surface area contributed by atoms with Crippen LogP contribution in [0.4, 0.5) is 13.2 Å². The van der Waals surface area contributed by atoms with E-state index in [9.17, 15) is 8.78 Å². The van der Waals surface area contributed by atoms with E-state index in [0.717, 1.165) is 12.3 Å². The number of rotatable bonds is 6. The number of unbranched alkanes of at least 4 members (excludes halogenated alkanes) is 2. The van der Waals surface area contributed by atoms with Gasteiger partial charge >= 0.3 is 0 Å². The lowest BCUT2D eigenvalue weighted by atomic mass is 9.74. The van der Waals surface area contributed by atoms with Crippen LogP contribution in [-0.4, -0.2) is 0 Å². The first-order chi connectivity index (χ1) is 14.6. The van der Waals surface area contributed by atoms with Crippen LogP contribution >= 0.6 is 0 Å². The van der Waals surface area contributed by atoms with Gasteiger partial charge in [0.05, 0.1) is 5.56 Å². The molecule has 0 atom stereocenters. The second-order valence-corrected chi connectivity index (χ2v) is 9.05. The molecule has 0 radical (unpaired) electrons. The molecule has 0 unspecified atom stereocenters. The number of fused-ring (bicyclic) bond motifs is 1. The van der Waals surface area contributed by atoms with Crippen molar-refractivity contribution >= 4 is 6.08 Å². The molecule has 1 fully saturated rings. The molecule has 1 saturated carbocycles. The van der Waals surface area contributed by atoms with Crippen LogP contribution in [0.1, 0.15) is 75.8 Å². The first-order valence-corrected chi connectivity index (χ1v) is 11.5. The van der Waals surface area contributed by atoms with E-state index in [2.05, 4.69) is 6.92 Å². The van der Waals surface area contributed by atoms with Crippen LogP contribution < -0.4 is 0 Å². The Morgan fingerprint density at radius 3 is 2.33 bits per heavy atom. The van der Waals surface area contributed by atoms with Crippen LogP contribution in [0.3, 0.4) is 0 Å². The fraction of sp³-hybridized carbons (Fsp3) is 0.481. The van der Waals surface area contributed by atoms with Gasteiger partial charge < -0.3 is 0 Å². The third-order valence-electron chi connectivity index (χ3n) is 7.08. The van der Waals surface area contributed by atoms with Crippen LogP contribution in [0.15, 0.2) is 35.9 Å². The topological polar surface area (TPSA) is 0 Å². The molecule has 0 saturated heterocycles. The van der Waals surface area contributed by atoms with Gasteiger partial charge in [0.1, 0.15) is 17.5 Å². The molecule has 2 aromatic rings. The standard InChI is InChI=1S/C27H31F3/c1-2-3-4-5-18-6-8-19(9-7-18)21-12-15-24-22(16-21)17-25(29)26(27(24)30)20-10-13-23(28)14-11-20/h10-11,13-14,16-19H,2-9,12,15H2,1H3. The molecule has 0 bridgehead atoms. The quantitative estimate of drug-likeness (QED) is 0.417. The summed E-state index contributed by atoms with van der Waals surface area (Å²) in [5, 5.41) is 0. The molecule has 4 rings (SSSR count). The molecule has 2 aromatic carbocycles. The van der Waals surface area contributed by atoms with Gasteiger partial charge in [-0.3, -0.25) is 0 Å². The molecule has 30 heavy (non-hydrogen) atoms. The number of halogens is 3. The summed E-state index contributed by atoms with van der Waals surface area (Å²) in [7, 11) is 0. The van der Waals surface area contributed by atoms with Crippen molar-refractivity contribution in [2.24, 2.45) is 11.8 Å². The monoisotopic (exact) mass is 412 g/mol. The van der Waals surface area contributed by atoms with Crippen LogP contribution in [0, 0.1) is 29.3 Å². The van der Waals surface area contributed by atoms with Crippen molar-refractivity contribution in [3.05, 3.63) is 64.5 Å². The first-order valence-electron chi connectivity index (χ1n) is 11.5. The molecule has 0 nitrogen and oxygen atoms in total. The zero-order valence-electron chi connectivity index (χ0n) is 17.8. The molecular formula is C27H31F3. The fourth-order valence-corrected chi connectivity index (χ4v) is 5.31. The summed E-state index contributed by atoms with van der Waals surface area (Å²) in [5.41, 5.74) is 2.97. The van der Waals surface area contributed by atoms with Gasteiger partial charge in [-0.25, -0.2) is 13.2 Å². The van der Waals surface area contributed by atoms with Gasteiger partial charge in [0.25, 0.3) is 0 Å². The molecule has 3 heteroatoms. The van der Waals surface area contributed by atoms with E-state index in [4.69, 9.17) is 0 Å². The molecular weight excluding hydrogens is 381 g/mol. The van der Waals surface area contributed by atoms with Gasteiger partial charge in [0.15, 0.2) is 0 Å². The molecule has 0 spiro atoms. The third kappa shape index (κ3) is 4.50. The van der Waals surface area contributed by atoms with Crippen LogP contribution in [0.2, 0.25) is 0 Å². The average Bonchev–Trinajstić information content (AvgIpc) is 2.75. The van der Waals surface area contributed by atoms with Gasteiger partial charge in [-0.1, -0.05) is 56.4 Å². The number of hydrogen-bond acceptors (Lipinski definition) is 0. The molecule has 2 aliphatic carbocycles. The molecule has 0 amide bonds. The second-order valence-electron chi connectivity index (χ2n) is 9.05. The highest BCUT2D eigenvalue weighted by Crippen LogP contribution is 2.41. The summed E-state index contributed by atoms with van der Waals surface area (Å²) < 4.78 is 43.2. The maximum Gasteiger partial charge on any atom is 0.137 e. The highest BCUT2D eigenvalue weighted by atomic mass is 19.1. The maximum absolute atomic E-state index is 15.2. The summed E-state index contributed by atoms with van der Waals surface area (Å²) >= 11 is 0. The number of allylic oxidation sites excluding steroid dienone is 1. The lowest BCUT2D eigenvalue weighted by molar-refractivity contribution is 0.279. The van der Waals surface area contributed by atoms with E-state index in [1.165, 1.54) is 87.3 Å². The highest BCUT2D eigenvalue weighted by Gasteiger charge is 2.27. The lowest BCUT2D eigenvalue weighted by Crippen LogP contribution is -2.18. The van der Waals surface area contributed by atoms with Gasteiger partial charge in [0, 0.05) is 0 Å². The van der Waals surface area contributed by atoms with Crippen LogP contribution in [0.25, 0.3) is 17.2 Å². The van der Waals surface area contributed by atoms with Crippen molar-refractivity contribution in [3.8, 4) is 11.1 Å². The van der Waals surface area contributed by atoms with E-state index in [1.54, 1.807) is 0 Å². The van der Waals surface area contributed by atoms with Crippen molar-refractivity contribution in [1.29, 1.82) is 0 Å². The van der Waals surface area contributed by atoms with Gasteiger partial charge in [-0.05, 0) is 85.3 Å². The predicted molar refractivity (Wildman–Crippen MR) is 118 cm³/mol. The molecule has 160 valence electrons. The zero-order chi connectivity index (χ0) is 21.1. The summed E-state index contributed by atoms with van der Waals surface area (Å²) in [4.78, 5) is 0. The van der Waals surface area contributed by atoms with Gasteiger partial charge in [0.2, 0.25) is 0 Å². The van der Waals surface area contributed by atoms with E-state index in [1.807, 2.05) is 6.08 Å². The summed E-state index contributed by atoms with van der Waals surface area (Å²) in [6, 6.07) is 6.82. The van der Waals surface area contributed by atoms with Crippen LogP contribution in [0.5, 0.6) is 0 Å². The van der Waals surface area contributed by atoms with Crippen LogP contribution in [-0.2, 0) is 6.42 Å². The number of hydrogen-bond donors (Lipinski definition) is 0. The van der Waals surface area contributed by atoms with E-state index in [0.29, 0.717) is 29.0 Å².